The fraction of sp³-hybridized carbons (Fsp3) is 0.417. The number of benzene rings is 1. The summed E-state index contributed by atoms with van der Waals surface area (Å²) in [6, 6.07) is 11.4. The zero-order chi connectivity index (χ0) is 25.0. The number of amides is 1. The van der Waals surface area contributed by atoms with Crippen LogP contribution in [0.25, 0.3) is 0 Å². The van der Waals surface area contributed by atoms with Gasteiger partial charge in [-0.2, -0.15) is 5.10 Å². The van der Waals surface area contributed by atoms with Gasteiger partial charge in [-0.15, -0.1) is 0 Å². The lowest BCUT2D eigenvalue weighted by Gasteiger charge is -2.33. The third-order valence-corrected chi connectivity index (χ3v) is 6.07. The van der Waals surface area contributed by atoms with E-state index >= 15 is 0 Å². The standard InChI is InChI=1S/C24H32N8O2S/c1-16-14-20(30-29-16)26-19-15-21(32-12-10-31(5)11-13-32)28-22(27-19)35-18-8-6-17(7-9-18)25-23(33)34-24(2,3)4/h6-9,14-15H,10-13H2,1-5H3,(H,25,33)(H2,26,27,28,29,30). The monoisotopic (exact) mass is 496 g/mol. The Bertz CT molecular complexity index is 1150. The van der Waals surface area contributed by atoms with Gasteiger partial charge in [0.05, 0.1) is 5.69 Å². The van der Waals surface area contributed by atoms with Crippen LogP contribution in [0.5, 0.6) is 0 Å². The number of carbonyl (C=O) groups excluding carboxylic acids is 1. The summed E-state index contributed by atoms with van der Waals surface area (Å²) >= 11 is 1.46. The number of ether oxygens (including phenoxy) is 1. The van der Waals surface area contributed by atoms with Crippen LogP contribution in [-0.2, 0) is 4.74 Å². The van der Waals surface area contributed by atoms with E-state index in [1.165, 1.54) is 11.8 Å². The summed E-state index contributed by atoms with van der Waals surface area (Å²) in [5, 5.41) is 13.8. The maximum Gasteiger partial charge on any atom is 0.412 e. The number of rotatable bonds is 6. The molecule has 0 unspecified atom stereocenters. The second kappa shape index (κ2) is 10.5. The predicted molar refractivity (Wildman–Crippen MR) is 139 cm³/mol. The maximum absolute atomic E-state index is 12.0. The summed E-state index contributed by atoms with van der Waals surface area (Å²) in [6.07, 6.45) is -0.481. The molecule has 3 N–H and O–H groups in total. The molecule has 1 aliphatic rings. The van der Waals surface area contributed by atoms with Crippen LogP contribution in [0.4, 0.5) is 27.9 Å². The smallest absolute Gasteiger partial charge is 0.412 e. The highest BCUT2D eigenvalue weighted by Gasteiger charge is 2.19. The third kappa shape index (κ3) is 7.33. The molecule has 0 aliphatic carbocycles. The molecule has 1 aromatic carbocycles. The van der Waals surface area contributed by atoms with Crippen molar-refractivity contribution in [2.75, 3.05) is 48.8 Å². The van der Waals surface area contributed by atoms with Crippen molar-refractivity contribution in [3.8, 4) is 0 Å². The third-order valence-electron chi connectivity index (χ3n) is 5.20. The lowest BCUT2D eigenvalue weighted by molar-refractivity contribution is 0.0636. The summed E-state index contributed by atoms with van der Waals surface area (Å²) in [6.45, 7) is 11.2. The Labute approximate surface area is 209 Å². The molecule has 0 radical (unpaired) electrons. The van der Waals surface area contributed by atoms with Crippen molar-refractivity contribution in [2.24, 2.45) is 0 Å². The molecule has 3 aromatic rings. The fourth-order valence-electron chi connectivity index (χ4n) is 3.48. The fourth-order valence-corrected chi connectivity index (χ4v) is 4.24. The molecule has 186 valence electrons. The molecule has 0 spiro atoms. The van der Waals surface area contributed by atoms with Crippen LogP contribution >= 0.6 is 11.8 Å². The minimum absolute atomic E-state index is 0.481. The molecule has 35 heavy (non-hydrogen) atoms. The Morgan fingerprint density at radius 2 is 1.80 bits per heavy atom. The molecule has 4 rings (SSSR count). The van der Waals surface area contributed by atoms with E-state index < -0.39 is 11.7 Å². The molecular weight excluding hydrogens is 464 g/mol. The van der Waals surface area contributed by atoms with E-state index in [1.807, 2.05) is 64.1 Å². The summed E-state index contributed by atoms with van der Waals surface area (Å²) in [5.41, 5.74) is 1.01. The largest absolute Gasteiger partial charge is 0.444 e. The minimum atomic E-state index is -0.549. The number of likely N-dealkylation sites (N-methyl/N-ethyl adjacent to an activating group) is 1. The second-order valence-corrected chi connectivity index (χ2v) is 10.5. The van der Waals surface area contributed by atoms with Crippen molar-refractivity contribution in [1.82, 2.24) is 25.1 Å². The Kier molecular flexibility index (Phi) is 7.46. The molecule has 3 heterocycles. The van der Waals surface area contributed by atoms with Gasteiger partial charge in [0.1, 0.15) is 23.1 Å². The summed E-state index contributed by atoms with van der Waals surface area (Å²) in [7, 11) is 2.13. The van der Waals surface area contributed by atoms with Gasteiger partial charge < -0.3 is 19.9 Å². The van der Waals surface area contributed by atoms with Crippen LogP contribution in [-0.4, -0.2) is 70.0 Å². The van der Waals surface area contributed by atoms with Gasteiger partial charge in [0.15, 0.2) is 5.16 Å². The van der Waals surface area contributed by atoms with Crippen LogP contribution in [0.15, 0.2) is 46.5 Å². The van der Waals surface area contributed by atoms with E-state index in [1.54, 1.807) is 0 Å². The van der Waals surface area contributed by atoms with Crippen molar-refractivity contribution >= 4 is 41.0 Å². The van der Waals surface area contributed by atoms with Crippen molar-refractivity contribution < 1.29 is 9.53 Å². The number of aromatic amines is 1. The van der Waals surface area contributed by atoms with Gasteiger partial charge in [-0.25, -0.2) is 14.8 Å². The summed E-state index contributed by atoms with van der Waals surface area (Å²) in [5.74, 6) is 2.36. The first-order chi connectivity index (χ1) is 16.6. The van der Waals surface area contributed by atoms with Crippen LogP contribution < -0.4 is 15.5 Å². The molecule has 1 aliphatic heterocycles. The van der Waals surface area contributed by atoms with Crippen molar-refractivity contribution in [3.63, 3.8) is 0 Å². The Balaban J connectivity index is 1.51. The molecule has 1 fully saturated rings. The molecule has 1 amide bonds. The molecular formula is C24H32N8O2S. The molecule has 11 heteroatoms. The van der Waals surface area contributed by atoms with E-state index in [9.17, 15) is 4.79 Å². The van der Waals surface area contributed by atoms with E-state index in [-0.39, 0.29) is 0 Å². The normalized spacial score (nSPS) is 14.6. The van der Waals surface area contributed by atoms with Gasteiger partial charge in [-0.3, -0.25) is 10.4 Å². The Morgan fingerprint density at radius 3 is 2.43 bits per heavy atom. The number of piperazine rings is 1. The van der Waals surface area contributed by atoms with Crippen molar-refractivity contribution in [3.05, 3.63) is 42.1 Å². The van der Waals surface area contributed by atoms with Crippen LogP contribution in [0.2, 0.25) is 0 Å². The molecule has 10 nitrogen and oxygen atoms in total. The highest BCUT2D eigenvalue weighted by Crippen LogP contribution is 2.30. The highest BCUT2D eigenvalue weighted by molar-refractivity contribution is 7.99. The lowest BCUT2D eigenvalue weighted by atomic mass is 10.2. The molecule has 1 saturated heterocycles. The van der Waals surface area contributed by atoms with Crippen LogP contribution in [0.1, 0.15) is 26.5 Å². The number of nitrogens with zero attached hydrogens (tertiary/aromatic N) is 5. The summed E-state index contributed by atoms with van der Waals surface area (Å²) < 4.78 is 5.31. The SMILES string of the molecule is Cc1cc(Nc2cc(N3CCN(C)CC3)nc(Sc3ccc(NC(=O)OC(C)(C)C)cc3)n2)[nH]n1. The summed E-state index contributed by atoms with van der Waals surface area (Å²) in [4.78, 5) is 27.1. The first-order valence-electron chi connectivity index (χ1n) is 11.5. The molecule has 0 bridgehead atoms. The first-order valence-corrected chi connectivity index (χ1v) is 12.3. The van der Waals surface area contributed by atoms with Gasteiger partial charge >= 0.3 is 6.09 Å². The number of hydrogen-bond acceptors (Lipinski definition) is 9. The zero-order valence-corrected chi connectivity index (χ0v) is 21.6. The maximum atomic E-state index is 12.0. The average molecular weight is 497 g/mol. The number of aryl methyl sites for hydroxylation is 1. The first kappa shape index (κ1) is 24.8. The highest BCUT2D eigenvalue weighted by atomic mass is 32.2. The van der Waals surface area contributed by atoms with E-state index in [4.69, 9.17) is 14.7 Å². The van der Waals surface area contributed by atoms with Crippen LogP contribution in [0, 0.1) is 6.92 Å². The number of nitrogens with one attached hydrogen (secondary N) is 3. The number of H-pyrrole nitrogens is 1. The van der Waals surface area contributed by atoms with Gasteiger partial charge in [0.25, 0.3) is 0 Å². The lowest BCUT2D eigenvalue weighted by Crippen LogP contribution is -2.44. The van der Waals surface area contributed by atoms with Crippen molar-refractivity contribution in [2.45, 2.75) is 43.3 Å². The molecule has 0 saturated carbocycles. The van der Waals surface area contributed by atoms with Gasteiger partial charge in [0.2, 0.25) is 0 Å². The topological polar surface area (TPSA) is 111 Å². The van der Waals surface area contributed by atoms with Gasteiger partial charge in [-0.1, -0.05) is 0 Å². The number of carbonyl (C=O) groups is 1. The number of anilines is 4. The minimum Gasteiger partial charge on any atom is -0.444 e. The number of hydrogen-bond donors (Lipinski definition) is 3. The van der Waals surface area contributed by atoms with E-state index in [0.717, 1.165) is 48.4 Å². The average Bonchev–Trinajstić information content (AvgIpc) is 3.18. The van der Waals surface area contributed by atoms with E-state index in [0.29, 0.717) is 16.7 Å². The van der Waals surface area contributed by atoms with Gasteiger partial charge in [-0.05, 0) is 70.8 Å². The van der Waals surface area contributed by atoms with E-state index in [2.05, 4.69) is 37.7 Å². The second-order valence-electron chi connectivity index (χ2n) is 9.49. The Hall–Kier alpha value is -3.31. The molecule has 2 aromatic heterocycles. The predicted octanol–water partition coefficient (Wildman–Crippen LogP) is 4.50. The van der Waals surface area contributed by atoms with Crippen LogP contribution in [0.3, 0.4) is 0 Å². The Morgan fingerprint density at radius 1 is 1.09 bits per heavy atom. The van der Waals surface area contributed by atoms with Crippen molar-refractivity contribution in [1.29, 1.82) is 0 Å². The van der Waals surface area contributed by atoms with Gasteiger partial charge in [0, 0.05) is 48.9 Å². The zero-order valence-electron chi connectivity index (χ0n) is 20.8. The quantitative estimate of drug-likeness (QED) is 0.425. The molecule has 0 atom stereocenters. The number of aromatic nitrogens is 4.